The van der Waals surface area contributed by atoms with E-state index < -0.39 is 0 Å². The van der Waals surface area contributed by atoms with E-state index in [9.17, 15) is 4.79 Å². The molecule has 0 spiro atoms. The summed E-state index contributed by atoms with van der Waals surface area (Å²) in [6.07, 6.45) is 7.12. The normalized spacial score (nSPS) is 12.2. The van der Waals surface area contributed by atoms with Crippen molar-refractivity contribution in [3.63, 3.8) is 0 Å². The van der Waals surface area contributed by atoms with Gasteiger partial charge in [0.1, 0.15) is 0 Å². The minimum atomic E-state index is -0.135. The van der Waals surface area contributed by atoms with Crippen molar-refractivity contribution in [1.82, 2.24) is 25.1 Å². The maximum Gasteiger partial charge on any atom is 0.253 e. The molecule has 2 heterocycles. The summed E-state index contributed by atoms with van der Waals surface area (Å²) in [6, 6.07) is 11.8. The van der Waals surface area contributed by atoms with Crippen LogP contribution in [0.2, 0.25) is 0 Å². The van der Waals surface area contributed by atoms with E-state index in [2.05, 4.69) is 26.6 Å². The van der Waals surface area contributed by atoms with Crippen LogP contribution in [-0.4, -0.2) is 25.7 Å². The van der Waals surface area contributed by atoms with Gasteiger partial charge in [-0.15, -0.1) is 0 Å². The average molecular weight is 345 g/mol. The predicted molar refractivity (Wildman–Crippen MR) is 100 cm³/mol. The summed E-state index contributed by atoms with van der Waals surface area (Å²) in [5.41, 5.74) is 4.42. The van der Waals surface area contributed by atoms with Gasteiger partial charge in [0.05, 0.1) is 29.6 Å². The zero-order valence-electron chi connectivity index (χ0n) is 14.6. The zero-order valence-corrected chi connectivity index (χ0v) is 14.6. The van der Waals surface area contributed by atoms with Crippen LogP contribution in [0.3, 0.4) is 0 Å². The van der Waals surface area contributed by atoms with Gasteiger partial charge in [0.25, 0.3) is 5.91 Å². The number of hydrogen-bond donors (Lipinski definition) is 2. The van der Waals surface area contributed by atoms with Crippen molar-refractivity contribution in [2.75, 3.05) is 0 Å². The van der Waals surface area contributed by atoms with Crippen molar-refractivity contribution < 1.29 is 4.79 Å². The molecule has 6 heteroatoms. The number of aromatic nitrogens is 4. The molecule has 0 radical (unpaired) electrons. The lowest BCUT2D eigenvalue weighted by molar-refractivity contribution is 0.0941. The molecule has 4 rings (SSSR count). The molecule has 2 N–H and O–H groups in total. The van der Waals surface area contributed by atoms with Crippen LogP contribution in [0.4, 0.5) is 0 Å². The first kappa shape index (κ1) is 16.1. The molecule has 0 saturated heterocycles. The van der Waals surface area contributed by atoms with Gasteiger partial charge in [0, 0.05) is 23.5 Å². The lowest BCUT2D eigenvalue weighted by Gasteiger charge is -2.16. The number of rotatable bonds is 4. The summed E-state index contributed by atoms with van der Waals surface area (Å²) < 4.78 is 1.94. The van der Waals surface area contributed by atoms with Gasteiger partial charge in [-0.25, -0.2) is 4.98 Å². The van der Waals surface area contributed by atoms with Crippen LogP contribution in [0.1, 0.15) is 34.5 Å². The Kier molecular flexibility index (Phi) is 4.01. The largest absolute Gasteiger partial charge is 0.345 e. The first-order valence-electron chi connectivity index (χ1n) is 8.45. The van der Waals surface area contributed by atoms with Gasteiger partial charge in [0.2, 0.25) is 0 Å². The van der Waals surface area contributed by atoms with E-state index in [1.54, 1.807) is 18.7 Å². The van der Waals surface area contributed by atoms with Crippen molar-refractivity contribution in [3.05, 3.63) is 78.0 Å². The Bertz CT molecular complexity index is 1060. The number of H-pyrrole nitrogens is 1. The van der Waals surface area contributed by atoms with Gasteiger partial charge >= 0.3 is 0 Å². The second kappa shape index (κ2) is 6.48. The summed E-state index contributed by atoms with van der Waals surface area (Å²) in [5.74, 6) is -0.122. The fourth-order valence-corrected chi connectivity index (χ4v) is 3.11. The number of carbonyl (C=O) groups is 1. The molecule has 2 aromatic carbocycles. The van der Waals surface area contributed by atoms with Crippen LogP contribution in [0.15, 0.2) is 61.3 Å². The molecule has 0 saturated carbocycles. The number of fused-ring (bicyclic) bond motifs is 1. The van der Waals surface area contributed by atoms with Crippen molar-refractivity contribution in [2.45, 2.75) is 19.9 Å². The Morgan fingerprint density at radius 1 is 1.27 bits per heavy atom. The number of hydrogen-bond acceptors (Lipinski definition) is 3. The first-order chi connectivity index (χ1) is 12.6. The van der Waals surface area contributed by atoms with Gasteiger partial charge in [0.15, 0.2) is 0 Å². The van der Waals surface area contributed by atoms with Crippen LogP contribution >= 0.6 is 0 Å². The fourth-order valence-electron chi connectivity index (χ4n) is 3.11. The molecule has 26 heavy (non-hydrogen) atoms. The fraction of sp³-hybridized carbons (Fsp3) is 0.150. The summed E-state index contributed by atoms with van der Waals surface area (Å²) in [7, 11) is 0. The van der Waals surface area contributed by atoms with Crippen molar-refractivity contribution in [1.29, 1.82) is 0 Å². The van der Waals surface area contributed by atoms with Gasteiger partial charge in [-0.1, -0.05) is 12.1 Å². The van der Waals surface area contributed by atoms with E-state index in [0.717, 1.165) is 27.7 Å². The average Bonchev–Trinajstić information content (AvgIpc) is 3.32. The van der Waals surface area contributed by atoms with Crippen LogP contribution in [0, 0.1) is 6.92 Å². The third-order valence-electron chi connectivity index (χ3n) is 4.46. The number of aromatic amines is 1. The van der Waals surface area contributed by atoms with Crippen molar-refractivity contribution in [2.24, 2.45) is 0 Å². The number of benzene rings is 2. The molecular weight excluding hydrogens is 326 g/mol. The molecule has 4 aromatic rings. The molecule has 2 aromatic heterocycles. The van der Waals surface area contributed by atoms with Gasteiger partial charge in [-0.3, -0.25) is 9.89 Å². The minimum Gasteiger partial charge on any atom is -0.345 e. The molecule has 1 unspecified atom stereocenters. The molecule has 1 amide bonds. The van der Waals surface area contributed by atoms with Crippen molar-refractivity contribution >= 4 is 16.8 Å². The molecule has 130 valence electrons. The Morgan fingerprint density at radius 2 is 2.15 bits per heavy atom. The monoisotopic (exact) mass is 345 g/mol. The maximum absolute atomic E-state index is 12.8. The second-order valence-electron chi connectivity index (χ2n) is 6.41. The summed E-state index contributed by atoms with van der Waals surface area (Å²) >= 11 is 0. The zero-order chi connectivity index (χ0) is 18.1. The molecule has 0 fully saturated rings. The Balaban J connectivity index is 1.60. The van der Waals surface area contributed by atoms with Crippen LogP contribution in [-0.2, 0) is 0 Å². The summed E-state index contributed by atoms with van der Waals surface area (Å²) in [5, 5.41) is 11.0. The SMILES string of the molecule is Cc1cc(C(=O)NC(C)c2cccc(-n3ccnc3)c2)c2[nH]ncc2c1. The minimum absolute atomic E-state index is 0.122. The van der Waals surface area contributed by atoms with E-state index in [1.807, 2.05) is 54.9 Å². The molecule has 0 aliphatic heterocycles. The topological polar surface area (TPSA) is 75.6 Å². The first-order valence-corrected chi connectivity index (χ1v) is 8.45. The number of carbonyl (C=O) groups excluding carboxylic acids is 1. The number of imidazole rings is 1. The lowest BCUT2D eigenvalue weighted by Crippen LogP contribution is -2.27. The van der Waals surface area contributed by atoms with Crippen LogP contribution in [0.5, 0.6) is 0 Å². The van der Waals surface area contributed by atoms with Gasteiger partial charge < -0.3 is 9.88 Å². The van der Waals surface area contributed by atoms with E-state index in [-0.39, 0.29) is 11.9 Å². The number of aryl methyl sites for hydroxylation is 1. The van der Waals surface area contributed by atoms with Gasteiger partial charge in [-0.05, 0) is 49.2 Å². The summed E-state index contributed by atoms with van der Waals surface area (Å²) in [4.78, 5) is 16.9. The molecular formula is C20H19N5O. The molecule has 6 nitrogen and oxygen atoms in total. The van der Waals surface area contributed by atoms with E-state index in [1.165, 1.54) is 0 Å². The highest BCUT2D eigenvalue weighted by molar-refractivity contribution is 6.05. The number of nitrogens with zero attached hydrogens (tertiary/aromatic N) is 3. The number of nitrogens with one attached hydrogen (secondary N) is 2. The molecule has 1 atom stereocenters. The third-order valence-corrected chi connectivity index (χ3v) is 4.46. The number of amides is 1. The quantitative estimate of drug-likeness (QED) is 0.594. The van der Waals surface area contributed by atoms with Crippen molar-refractivity contribution in [3.8, 4) is 5.69 Å². The lowest BCUT2D eigenvalue weighted by atomic mass is 10.0. The molecule has 0 aliphatic rings. The maximum atomic E-state index is 12.8. The second-order valence-corrected chi connectivity index (χ2v) is 6.41. The smallest absolute Gasteiger partial charge is 0.253 e. The van der Waals surface area contributed by atoms with E-state index in [4.69, 9.17) is 0 Å². The van der Waals surface area contributed by atoms with E-state index in [0.29, 0.717) is 5.56 Å². The molecule has 0 aliphatic carbocycles. The Labute approximate surface area is 150 Å². The molecule has 0 bridgehead atoms. The van der Waals surface area contributed by atoms with Crippen LogP contribution in [0.25, 0.3) is 16.6 Å². The highest BCUT2D eigenvalue weighted by atomic mass is 16.1. The Morgan fingerprint density at radius 3 is 2.96 bits per heavy atom. The van der Waals surface area contributed by atoms with E-state index >= 15 is 0 Å². The summed E-state index contributed by atoms with van der Waals surface area (Å²) in [6.45, 7) is 3.95. The van der Waals surface area contributed by atoms with Gasteiger partial charge in [-0.2, -0.15) is 5.10 Å². The highest BCUT2D eigenvalue weighted by Crippen LogP contribution is 2.21. The highest BCUT2D eigenvalue weighted by Gasteiger charge is 2.16. The Hall–Kier alpha value is -3.41. The standard InChI is InChI=1S/C20H19N5O/c1-13-8-16-11-22-24-19(16)18(9-13)20(26)23-14(2)15-4-3-5-17(10-15)25-7-6-21-12-25/h3-12,14H,1-2H3,(H,22,24)(H,23,26). The third kappa shape index (κ3) is 2.97. The van der Waals surface area contributed by atoms with Crippen LogP contribution < -0.4 is 5.32 Å². The predicted octanol–water partition coefficient (Wildman–Crippen LogP) is 3.55.